The third kappa shape index (κ3) is 4.27. The largest absolute Gasteiger partial charge is 0.393 e. The molecule has 4 heteroatoms. The SMILES string of the molecule is C=C/C(=C1/C=CN=C1N)c1ccc(CNCC2CCCCC2O)cc1. The summed E-state index contributed by atoms with van der Waals surface area (Å²) in [6, 6.07) is 8.43. The van der Waals surface area contributed by atoms with Crippen LogP contribution in [-0.2, 0) is 6.54 Å². The number of allylic oxidation sites excluding steroid dienone is 2. The minimum Gasteiger partial charge on any atom is -0.393 e. The minimum absolute atomic E-state index is 0.142. The first kappa shape index (κ1) is 17.6. The Balaban J connectivity index is 1.60. The van der Waals surface area contributed by atoms with Crippen LogP contribution in [0.3, 0.4) is 0 Å². The zero-order valence-corrected chi connectivity index (χ0v) is 14.6. The maximum atomic E-state index is 10.0. The van der Waals surface area contributed by atoms with Crippen molar-refractivity contribution < 1.29 is 5.11 Å². The van der Waals surface area contributed by atoms with Gasteiger partial charge in [-0.3, -0.25) is 0 Å². The van der Waals surface area contributed by atoms with E-state index in [0.29, 0.717) is 11.8 Å². The molecule has 2 atom stereocenters. The molecule has 1 saturated carbocycles. The Morgan fingerprint density at radius 2 is 2.04 bits per heavy atom. The molecule has 2 aliphatic rings. The second-order valence-corrected chi connectivity index (χ2v) is 6.80. The van der Waals surface area contributed by atoms with Crippen molar-refractivity contribution in [3.8, 4) is 0 Å². The van der Waals surface area contributed by atoms with Crippen molar-refractivity contribution in [3.63, 3.8) is 0 Å². The molecule has 1 heterocycles. The fraction of sp³-hybridized carbons (Fsp3) is 0.381. The van der Waals surface area contributed by atoms with Gasteiger partial charge in [-0.1, -0.05) is 49.8 Å². The number of nitrogens with one attached hydrogen (secondary N) is 1. The number of hydrogen-bond donors (Lipinski definition) is 3. The third-order valence-electron chi connectivity index (χ3n) is 5.09. The van der Waals surface area contributed by atoms with Gasteiger partial charge in [0.2, 0.25) is 0 Å². The number of hydrogen-bond acceptors (Lipinski definition) is 4. The first-order valence-electron chi connectivity index (χ1n) is 9.04. The smallest absolute Gasteiger partial charge is 0.131 e. The van der Waals surface area contributed by atoms with Gasteiger partial charge >= 0.3 is 0 Å². The standard InChI is InChI=1S/C21H27N3O/c1-2-18(19-11-12-24-21(19)22)16-9-7-15(8-10-16)13-23-14-17-5-3-4-6-20(17)25/h2,7-12,17,20,23,25H,1,3-6,13-14H2,(H2,22,24)/b19-18+. The molecule has 0 aromatic heterocycles. The van der Waals surface area contributed by atoms with Gasteiger partial charge in [-0.2, -0.15) is 0 Å². The van der Waals surface area contributed by atoms with Crippen LogP contribution in [0, 0.1) is 5.92 Å². The molecule has 1 aromatic carbocycles. The predicted molar refractivity (Wildman–Crippen MR) is 104 cm³/mol. The van der Waals surface area contributed by atoms with E-state index in [1.54, 1.807) is 6.20 Å². The van der Waals surface area contributed by atoms with E-state index in [2.05, 4.69) is 41.2 Å². The molecule has 4 N–H and O–H groups in total. The average Bonchev–Trinajstić information content (AvgIpc) is 3.05. The highest BCUT2D eigenvalue weighted by Crippen LogP contribution is 2.25. The molecule has 25 heavy (non-hydrogen) atoms. The highest BCUT2D eigenvalue weighted by molar-refractivity contribution is 6.09. The minimum atomic E-state index is -0.142. The lowest BCUT2D eigenvalue weighted by Crippen LogP contribution is -2.33. The molecule has 2 unspecified atom stereocenters. The maximum absolute atomic E-state index is 10.0. The van der Waals surface area contributed by atoms with Crippen LogP contribution in [0.4, 0.5) is 0 Å². The summed E-state index contributed by atoms with van der Waals surface area (Å²) in [5, 5.41) is 13.5. The first-order chi connectivity index (χ1) is 12.2. The van der Waals surface area contributed by atoms with E-state index >= 15 is 0 Å². The number of nitrogens with zero attached hydrogens (tertiary/aromatic N) is 1. The second kappa shape index (κ2) is 8.28. The summed E-state index contributed by atoms with van der Waals surface area (Å²) in [4.78, 5) is 4.10. The predicted octanol–water partition coefficient (Wildman–Crippen LogP) is 3.15. The average molecular weight is 337 g/mol. The fourth-order valence-corrected chi connectivity index (χ4v) is 3.59. The number of aliphatic hydroxyl groups is 1. The summed E-state index contributed by atoms with van der Waals surface area (Å²) >= 11 is 0. The van der Waals surface area contributed by atoms with E-state index in [-0.39, 0.29) is 6.10 Å². The van der Waals surface area contributed by atoms with E-state index in [1.165, 1.54) is 12.0 Å². The monoisotopic (exact) mass is 337 g/mol. The van der Waals surface area contributed by atoms with Crippen LogP contribution < -0.4 is 11.1 Å². The van der Waals surface area contributed by atoms with Crippen molar-refractivity contribution in [2.75, 3.05) is 6.54 Å². The summed E-state index contributed by atoms with van der Waals surface area (Å²) in [6.07, 6.45) is 9.77. The van der Waals surface area contributed by atoms with Gasteiger partial charge in [0.1, 0.15) is 5.84 Å². The molecule has 1 fully saturated rings. The Labute approximate surface area is 149 Å². The van der Waals surface area contributed by atoms with Gasteiger partial charge in [-0.25, -0.2) is 4.99 Å². The lowest BCUT2D eigenvalue weighted by atomic mass is 9.86. The van der Waals surface area contributed by atoms with Crippen LogP contribution >= 0.6 is 0 Å². The van der Waals surface area contributed by atoms with Gasteiger partial charge in [-0.05, 0) is 41.5 Å². The zero-order valence-electron chi connectivity index (χ0n) is 14.6. The summed E-state index contributed by atoms with van der Waals surface area (Å²) in [6.45, 7) is 5.60. The van der Waals surface area contributed by atoms with Crippen molar-refractivity contribution in [1.29, 1.82) is 0 Å². The number of nitrogens with two attached hydrogens (primary N) is 1. The lowest BCUT2D eigenvalue weighted by Gasteiger charge is -2.27. The Hall–Kier alpha value is -2.17. The molecule has 1 aliphatic carbocycles. The van der Waals surface area contributed by atoms with Crippen molar-refractivity contribution in [3.05, 3.63) is 65.9 Å². The summed E-state index contributed by atoms with van der Waals surface area (Å²) < 4.78 is 0. The Morgan fingerprint density at radius 3 is 2.68 bits per heavy atom. The normalized spacial score (nSPS) is 24.9. The Morgan fingerprint density at radius 1 is 1.28 bits per heavy atom. The molecule has 0 saturated heterocycles. The molecular formula is C21H27N3O. The number of amidine groups is 1. The van der Waals surface area contributed by atoms with Crippen LogP contribution in [-0.4, -0.2) is 23.6 Å². The number of aliphatic hydroxyl groups excluding tert-OH is 1. The molecule has 0 radical (unpaired) electrons. The van der Waals surface area contributed by atoms with Gasteiger partial charge in [0.15, 0.2) is 0 Å². The number of rotatable bonds is 6. The fourth-order valence-electron chi connectivity index (χ4n) is 3.59. The Kier molecular flexibility index (Phi) is 5.84. The molecule has 0 bridgehead atoms. The summed E-state index contributed by atoms with van der Waals surface area (Å²) in [5.41, 5.74) is 10.2. The number of benzene rings is 1. The second-order valence-electron chi connectivity index (χ2n) is 6.80. The van der Waals surface area contributed by atoms with Crippen LogP contribution in [0.1, 0.15) is 36.8 Å². The molecule has 132 valence electrons. The van der Waals surface area contributed by atoms with Gasteiger partial charge in [0.05, 0.1) is 6.10 Å². The third-order valence-corrected chi connectivity index (χ3v) is 5.09. The van der Waals surface area contributed by atoms with Crippen molar-refractivity contribution >= 4 is 11.4 Å². The molecule has 1 aliphatic heterocycles. The van der Waals surface area contributed by atoms with E-state index in [9.17, 15) is 5.11 Å². The highest BCUT2D eigenvalue weighted by Gasteiger charge is 2.22. The molecular weight excluding hydrogens is 310 g/mol. The van der Waals surface area contributed by atoms with Crippen molar-refractivity contribution in [1.82, 2.24) is 5.32 Å². The van der Waals surface area contributed by atoms with Crippen LogP contribution in [0.5, 0.6) is 0 Å². The molecule has 4 nitrogen and oxygen atoms in total. The van der Waals surface area contributed by atoms with Crippen LogP contribution in [0.25, 0.3) is 5.57 Å². The van der Waals surface area contributed by atoms with E-state index in [0.717, 1.165) is 49.1 Å². The van der Waals surface area contributed by atoms with Gasteiger partial charge in [0, 0.05) is 24.9 Å². The van der Waals surface area contributed by atoms with E-state index in [4.69, 9.17) is 5.73 Å². The van der Waals surface area contributed by atoms with Gasteiger partial charge in [0.25, 0.3) is 0 Å². The van der Waals surface area contributed by atoms with Crippen molar-refractivity contribution in [2.24, 2.45) is 16.6 Å². The molecule has 1 aromatic rings. The topological polar surface area (TPSA) is 70.6 Å². The maximum Gasteiger partial charge on any atom is 0.131 e. The Bertz CT molecular complexity index is 700. The van der Waals surface area contributed by atoms with Gasteiger partial charge < -0.3 is 16.2 Å². The van der Waals surface area contributed by atoms with Crippen LogP contribution in [0.15, 0.2) is 59.8 Å². The first-order valence-corrected chi connectivity index (χ1v) is 9.04. The van der Waals surface area contributed by atoms with E-state index in [1.807, 2.05) is 12.2 Å². The summed E-state index contributed by atoms with van der Waals surface area (Å²) in [7, 11) is 0. The summed E-state index contributed by atoms with van der Waals surface area (Å²) in [5.74, 6) is 0.924. The van der Waals surface area contributed by atoms with Gasteiger partial charge in [-0.15, -0.1) is 0 Å². The molecule has 3 rings (SSSR count). The highest BCUT2D eigenvalue weighted by atomic mass is 16.3. The van der Waals surface area contributed by atoms with Crippen LogP contribution in [0.2, 0.25) is 0 Å². The quantitative estimate of drug-likeness (QED) is 0.747. The van der Waals surface area contributed by atoms with E-state index < -0.39 is 0 Å². The number of aliphatic imine (C=N–C) groups is 1. The lowest BCUT2D eigenvalue weighted by molar-refractivity contribution is 0.0695. The zero-order chi connectivity index (χ0) is 17.6. The van der Waals surface area contributed by atoms with Crippen molar-refractivity contribution in [2.45, 2.75) is 38.3 Å². The molecule has 0 amide bonds. The molecule has 0 spiro atoms.